The highest BCUT2D eigenvalue weighted by Gasteiger charge is 2.21. The highest BCUT2D eigenvalue weighted by Crippen LogP contribution is 2.23. The third kappa shape index (κ3) is 3.34. The van der Waals surface area contributed by atoms with Gasteiger partial charge in [0.1, 0.15) is 5.82 Å². The van der Waals surface area contributed by atoms with Gasteiger partial charge in [-0.2, -0.15) is 0 Å². The van der Waals surface area contributed by atoms with Crippen molar-refractivity contribution in [3.8, 4) is 0 Å². The zero-order valence-corrected chi connectivity index (χ0v) is 10.5. The van der Waals surface area contributed by atoms with Gasteiger partial charge >= 0.3 is 0 Å². The van der Waals surface area contributed by atoms with E-state index in [4.69, 9.17) is 5.73 Å². The van der Waals surface area contributed by atoms with Crippen LogP contribution in [0.3, 0.4) is 0 Å². The Labute approximate surface area is 92.5 Å². The molecule has 0 bridgehead atoms. The van der Waals surface area contributed by atoms with Crippen LogP contribution in [-0.4, -0.2) is 16.5 Å². The first-order chi connectivity index (χ1) is 6.74. The normalized spacial score (nSPS) is 13.2. The maximum Gasteiger partial charge on any atom is 0.106 e. The number of H-pyrrole nitrogens is 1. The van der Waals surface area contributed by atoms with Crippen LogP contribution in [0.15, 0.2) is 6.20 Å². The summed E-state index contributed by atoms with van der Waals surface area (Å²) in [5, 5.41) is 0. The average Bonchev–Trinajstić information content (AvgIpc) is 2.51. The van der Waals surface area contributed by atoms with Crippen molar-refractivity contribution in [2.24, 2.45) is 11.1 Å². The molecular formula is C12H23N3. The molecule has 0 fully saturated rings. The molecule has 15 heavy (non-hydrogen) atoms. The first kappa shape index (κ1) is 12.2. The summed E-state index contributed by atoms with van der Waals surface area (Å²) in [4.78, 5) is 7.78. The Bertz CT molecular complexity index is 318. The van der Waals surface area contributed by atoms with Crippen molar-refractivity contribution in [1.82, 2.24) is 9.97 Å². The Hall–Kier alpha value is -0.830. The predicted molar refractivity (Wildman–Crippen MR) is 63.8 cm³/mol. The summed E-state index contributed by atoms with van der Waals surface area (Å²) < 4.78 is 0. The van der Waals surface area contributed by atoms with E-state index in [0.29, 0.717) is 6.54 Å². The number of nitrogens with zero attached hydrogens (tertiary/aromatic N) is 1. The lowest BCUT2D eigenvalue weighted by Crippen LogP contribution is -2.26. The van der Waals surface area contributed by atoms with Gasteiger partial charge in [-0.25, -0.2) is 4.98 Å². The molecule has 0 amide bonds. The van der Waals surface area contributed by atoms with E-state index in [9.17, 15) is 0 Å². The molecule has 86 valence electrons. The minimum absolute atomic E-state index is 0.118. The Morgan fingerprint density at radius 2 is 1.87 bits per heavy atom. The maximum absolute atomic E-state index is 5.71. The molecule has 0 aliphatic heterocycles. The number of hydrogen-bond acceptors (Lipinski definition) is 2. The van der Waals surface area contributed by atoms with Gasteiger partial charge < -0.3 is 10.7 Å². The van der Waals surface area contributed by atoms with E-state index in [1.807, 2.05) is 6.20 Å². The van der Waals surface area contributed by atoms with E-state index in [0.717, 1.165) is 12.2 Å². The summed E-state index contributed by atoms with van der Waals surface area (Å²) in [5.41, 5.74) is 7.15. The van der Waals surface area contributed by atoms with Crippen molar-refractivity contribution < 1.29 is 0 Å². The molecule has 0 aliphatic carbocycles. The van der Waals surface area contributed by atoms with Crippen molar-refractivity contribution in [2.75, 3.05) is 6.54 Å². The van der Waals surface area contributed by atoms with Gasteiger partial charge in [-0.05, 0) is 12.0 Å². The lowest BCUT2D eigenvalue weighted by molar-refractivity contribution is 0.368. The van der Waals surface area contributed by atoms with Gasteiger partial charge in [0.15, 0.2) is 0 Å². The van der Waals surface area contributed by atoms with Crippen LogP contribution in [0, 0.1) is 5.41 Å². The van der Waals surface area contributed by atoms with Gasteiger partial charge in [0.05, 0.1) is 0 Å². The Morgan fingerprint density at radius 1 is 1.27 bits per heavy atom. The van der Waals surface area contributed by atoms with Gasteiger partial charge in [-0.3, -0.25) is 0 Å². The zero-order chi connectivity index (χ0) is 11.7. The van der Waals surface area contributed by atoms with E-state index in [1.54, 1.807) is 0 Å². The highest BCUT2D eigenvalue weighted by molar-refractivity contribution is 5.12. The standard InChI is InChI=1S/C12H23N3/c1-11(2,3)9-7-14-10(15-9)6-12(4,5)8-13/h7H,6,8,13H2,1-5H3,(H,14,15). The summed E-state index contributed by atoms with van der Waals surface area (Å²) in [6.07, 6.45) is 2.83. The number of aromatic amines is 1. The second-order valence-electron chi connectivity index (χ2n) is 6.04. The molecule has 0 saturated carbocycles. The third-order valence-corrected chi connectivity index (χ3v) is 2.64. The van der Waals surface area contributed by atoms with E-state index in [2.05, 4.69) is 44.6 Å². The summed E-state index contributed by atoms with van der Waals surface area (Å²) in [7, 11) is 0. The Balaban J connectivity index is 2.78. The fourth-order valence-corrected chi connectivity index (χ4v) is 1.36. The van der Waals surface area contributed by atoms with Crippen LogP contribution in [-0.2, 0) is 11.8 Å². The van der Waals surface area contributed by atoms with Crippen molar-refractivity contribution in [1.29, 1.82) is 0 Å². The summed E-state index contributed by atoms with van der Waals surface area (Å²) >= 11 is 0. The lowest BCUT2D eigenvalue weighted by Gasteiger charge is -2.21. The number of nitrogens with two attached hydrogens (primary N) is 1. The molecule has 0 atom stereocenters. The molecule has 3 nitrogen and oxygen atoms in total. The molecule has 1 aromatic rings. The first-order valence-electron chi connectivity index (χ1n) is 5.49. The van der Waals surface area contributed by atoms with Crippen LogP contribution in [0.1, 0.15) is 46.1 Å². The largest absolute Gasteiger partial charge is 0.345 e. The smallest absolute Gasteiger partial charge is 0.106 e. The summed E-state index contributed by atoms with van der Waals surface area (Å²) in [6, 6.07) is 0. The minimum Gasteiger partial charge on any atom is -0.345 e. The van der Waals surface area contributed by atoms with E-state index < -0.39 is 0 Å². The Kier molecular flexibility index (Phi) is 3.24. The molecule has 0 aliphatic rings. The first-order valence-corrected chi connectivity index (χ1v) is 5.49. The van der Waals surface area contributed by atoms with Gasteiger partial charge in [-0.15, -0.1) is 0 Å². The lowest BCUT2D eigenvalue weighted by atomic mass is 9.89. The fraction of sp³-hybridized carbons (Fsp3) is 0.750. The molecule has 0 saturated heterocycles. The molecule has 0 aromatic carbocycles. The fourth-order valence-electron chi connectivity index (χ4n) is 1.36. The molecule has 3 heteroatoms. The SMILES string of the molecule is CC(C)(CN)Cc1ncc(C(C)(C)C)[nH]1. The second kappa shape index (κ2) is 3.97. The van der Waals surface area contributed by atoms with Crippen LogP contribution in [0.25, 0.3) is 0 Å². The van der Waals surface area contributed by atoms with Crippen LogP contribution in [0.4, 0.5) is 0 Å². The van der Waals surface area contributed by atoms with Gasteiger partial charge in [0.2, 0.25) is 0 Å². The molecule has 0 unspecified atom stereocenters. The van der Waals surface area contributed by atoms with E-state index >= 15 is 0 Å². The Morgan fingerprint density at radius 3 is 2.27 bits per heavy atom. The van der Waals surface area contributed by atoms with Crippen LogP contribution >= 0.6 is 0 Å². The molecule has 1 aromatic heterocycles. The minimum atomic E-state index is 0.118. The predicted octanol–water partition coefficient (Wildman–Crippen LogP) is 2.23. The monoisotopic (exact) mass is 209 g/mol. The summed E-state index contributed by atoms with van der Waals surface area (Å²) in [6.45, 7) is 11.5. The van der Waals surface area contributed by atoms with Crippen LogP contribution < -0.4 is 5.73 Å². The molecule has 1 rings (SSSR count). The molecule has 1 heterocycles. The molecule has 3 N–H and O–H groups in total. The number of rotatable bonds is 3. The molecule has 0 spiro atoms. The van der Waals surface area contributed by atoms with Gasteiger partial charge in [-0.1, -0.05) is 34.6 Å². The molecule has 0 radical (unpaired) electrons. The zero-order valence-electron chi connectivity index (χ0n) is 10.5. The second-order valence-corrected chi connectivity index (χ2v) is 6.04. The van der Waals surface area contributed by atoms with Gasteiger partial charge in [0.25, 0.3) is 0 Å². The highest BCUT2D eigenvalue weighted by atomic mass is 14.9. The van der Waals surface area contributed by atoms with E-state index in [-0.39, 0.29) is 10.8 Å². The van der Waals surface area contributed by atoms with Crippen molar-refractivity contribution >= 4 is 0 Å². The van der Waals surface area contributed by atoms with Gasteiger partial charge in [0, 0.05) is 23.7 Å². The summed E-state index contributed by atoms with van der Waals surface area (Å²) in [5.74, 6) is 1.04. The van der Waals surface area contributed by atoms with E-state index in [1.165, 1.54) is 5.69 Å². The number of aromatic nitrogens is 2. The topological polar surface area (TPSA) is 54.7 Å². The van der Waals surface area contributed by atoms with Crippen LogP contribution in [0.5, 0.6) is 0 Å². The third-order valence-electron chi connectivity index (χ3n) is 2.64. The van der Waals surface area contributed by atoms with Crippen LogP contribution in [0.2, 0.25) is 0 Å². The maximum atomic E-state index is 5.71. The van der Waals surface area contributed by atoms with Crippen molar-refractivity contribution in [2.45, 2.75) is 46.5 Å². The van der Waals surface area contributed by atoms with Crippen molar-refractivity contribution in [3.63, 3.8) is 0 Å². The quantitative estimate of drug-likeness (QED) is 0.802. The number of nitrogens with one attached hydrogen (secondary N) is 1. The number of imidazole rings is 1. The van der Waals surface area contributed by atoms with Crippen molar-refractivity contribution in [3.05, 3.63) is 17.7 Å². The average molecular weight is 209 g/mol. The number of hydrogen-bond donors (Lipinski definition) is 2. The molecular weight excluding hydrogens is 186 g/mol.